The summed E-state index contributed by atoms with van der Waals surface area (Å²) < 4.78 is 1.20. The maximum Gasteiger partial charge on any atom is 0.210 e. The van der Waals surface area contributed by atoms with E-state index in [1.54, 1.807) is 11.3 Å². The summed E-state index contributed by atoms with van der Waals surface area (Å²) in [5, 5.41) is 1.07. The number of thiazole rings is 1. The lowest BCUT2D eigenvalue weighted by Gasteiger charge is -2.16. The van der Waals surface area contributed by atoms with E-state index >= 15 is 0 Å². The number of para-hydroxylation sites is 1. The molecule has 0 saturated carbocycles. The second kappa shape index (κ2) is 3.87. The van der Waals surface area contributed by atoms with Crippen LogP contribution < -0.4 is 0 Å². The molecule has 2 aromatic rings. The topological polar surface area (TPSA) is 33.2 Å². The minimum absolute atomic E-state index is 0.204. The summed E-state index contributed by atoms with van der Waals surface area (Å²) in [6.07, 6.45) is 3.07. The number of benzene rings is 1. The number of hydrogen-bond donors (Lipinski definition) is 0. The molecule has 1 aliphatic rings. The number of likely N-dealkylation sites (tertiary alicyclic amines) is 1. The second-order valence-corrected chi connectivity index (χ2v) is 5.08. The van der Waals surface area contributed by atoms with Gasteiger partial charge in [-0.05, 0) is 25.0 Å². The SMILES string of the molecule is O=CN1CCCC1c1nc2ccccc2s1. The lowest BCUT2D eigenvalue weighted by molar-refractivity contribution is -0.118. The number of aromatic nitrogens is 1. The van der Waals surface area contributed by atoms with Crippen molar-refractivity contribution < 1.29 is 4.79 Å². The van der Waals surface area contributed by atoms with Gasteiger partial charge >= 0.3 is 0 Å². The van der Waals surface area contributed by atoms with Crippen molar-refractivity contribution in [3.05, 3.63) is 29.3 Å². The Bertz CT molecular complexity index is 489. The number of amides is 1. The highest BCUT2D eigenvalue weighted by Gasteiger charge is 2.27. The molecule has 1 atom stereocenters. The third kappa shape index (κ3) is 1.50. The third-order valence-electron chi connectivity index (χ3n) is 3.03. The van der Waals surface area contributed by atoms with Crippen LogP contribution in [0.4, 0.5) is 0 Å². The van der Waals surface area contributed by atoms with Crippen molar-refractivity contribution in [1.29, 1.82) is 0 Å². The van der Waals surface area contributed by atoms with E-state index in [1.807, 2.05) is 23.1 Å². The zero-order valence-corrected chi connectivity index (χ0v) is 9.61. The number of rotatable bonds is 2. The molecule has 1 aliphatic heterocycles. The summed E-state index contributed by atoms with van der Waals surface area (Å²) in [5.41, 5.74) is 1.04. The Hall–Kier alpha value is -1.42. The largest absolute Gasteiger partial charge is 0.336 e. The summed E-state index contributed by atoms with van der Waals surface area (Å²) in [4.78, 5) is 17.4. The number of fused-ring (bicyclic) bond motifs is 1. The van der Waals surface area contributed by atoms with Gasteiger partial charge in [0.15, 0.2) is 0 Å². The first-order chi connectivity index (χ1) is 7.88. The Labute approximate surface area is 97.7 Å². The van der Waals surface area contributed by atoms with Crippen LogP contribution in [0.5, 0.6) is 0 Å². The van der Waals surface area contributed by atoms with Gasteiger partial charge in [-0.25, -0.2) is 4.98 Å². The average Bonchev–Trinajstić information content (AvgIpc) is 2.94. The van der Waals surface area contributed by atoms with Crippen molar-refractivity contribution in [2.45, 2.75) is 18.9 Å². The van der Waals surface area contributed by atoms with Crippen molar-refractivity contribution in [2.75, 3.05) is 6.54 Å². The monoisotopic (exact) mass is 232 g/mol. The fourth-order valence-corrected chi connectivity index (χ4v) is 3.34. The van der Waals surface area contributed by atoms with Gasteiger partial charge in [0.25, 0.3) is 0 Å². The van der Waals surface area contributed by atoms with Crippen LogP contribution in [0.25, 0.3) is 10.2 Å². The summed E-state index contributed by atoms with van der Waals surface area (Å²) in [7, 11) is 0. The van der Waals surface area contributed by atoms with Crippen LogP contribution >= 0.6 is 11.3 Å². The Morgan fingerprint density at radius 3 is 3.12 bits per heavy atom. The predicted molar refractivity (Wildman–Crippen MR) is 64.4 cm³/mol. The highest BCUT2D eigenvalue weighted by atomic mass is 32.1. The van der Waals surface area contributed by atoms with Crippen molar-refractivity contribution >= 4 is 28.0 Å². The summed E-state index contributed by atoms with van der Waals surface area (Å²) in [6.45, 7) is 0.865. The number of carbonyl (C=O) groups is 1. The van der Waals surface area contributed by atoms with Gasteiger partial charge in [-0.15, -0.1) is 11.3 Å². The highest BCUT2D eigenvalue weighted by molar-refractivity contribution is 7.18. The molecule has 16 heavy (non-hydrogen) atoms. The summed E-state index contributed by atoms with van der Waals surface area (Å²) >= 11 is 1.70. The molecule has 0 N–H and O–H groups in total. The molecule has 0 radical (unpaired) electrons. The van der Waals surface area contributed by atoms with Gasteiger partial charge in [0.2, 0.25) is 6.41 Å². The zero-order chi connectivity index (χ0) is 11.0. The molecule has 0 bridgehead atoms. The number of nitrogens with zero attached hydrogens (tertiary/aromatic N) is 2. The van der Waals surface area contributed by atoms with E-state index in [2.05, 4.69) is 11.1 Å². The van der Waals surface area contributed by atoms with Gasteiger partial charge in [0, 0.05) is 6.54 Å². The molecule has 0 spiro atoms. The third-order valence-corrected chi connectivity index (χ3v) is 4.16. The van der Waals surface area contributed by atoms with Gasteiger partial charge in [0.05, 0.1) is 16.3 Å². The van der Waals surface area contributed by atoms with E-state index in [1.165, 1.54) is 4.70 Å². The van der Waals surface area contributed by atoms with Crippen LogP contribution in [0.1, 0.15) is 23.9 Å². The van der Waals surface area contributed by atoms with Crippen LogP contribution in [0.15, 0.2) is 24.3 Å². The molecule has 1 fully saturated rings. The average molecular weight is 232 g/mol. The molecule has 1 aromatic carbocycles. The fourth-order valence-electron chi connectivity index (χ4n) is 2.21. The minimum Gasteiger partial charge on any atom is -0.336 e. The first kappa shape index (κ1) is 9.78. The normalized spacial score (nSPS) is 20.5. The minimum atomic E-state index is 0.204. The van der Waals surface area contributed by atoms with Gasteiger partial charge in [-0.3, -0.25) is 4.79 Å². The molecular weight excluding hydrogens is 220 g/mol. The summed E-state index contributed by atoms with van der Waals surface area (Å²) in [6, 6.07) is 8.33. The van der Waals surface area contributed by atoms with Crippen molar-refractivity contribution in [2.24, 2.45) is 0 Å². The van der Waals surface area contributed by atoms with Crippen LogP contribution in [-0.4, -0.2) is 22.8 Å². The fraction of sp³-hybridized carbons (Fsp3) is 0.333. The maximum atomic E-state index is 10.9. The molecule has 1 amide bonds. The van der Waals surface area contributed by atoms with E-state index in [9.17, 15) is 4.79 Å². The second-order valence-electron chi connectivity index (χ2n) is 4.02. The quantitative estimate of drug-likeness (QED) is 0.746. The maximum absolute atomic E-state index is 10.9. The van der Waals surface area contributed by atoms with E-state index in [0.29, 0.717) is 0 Å². The molecule has 1 aromatic heterocycles. The highest BCUT2D eigenvalue weighted by Crippen LogP contribution is 2.35. The molecular formula is C12H12N2OS. The number of carbonyl (C=O) groups excluding carboxylic acids is 1. The molecule has 2 heterocycles. The predicted octanol–water partition coefficient (Wildman–Crippen LogP) is 2.59. The van der Waals surface area contributed by atoms with E-state index < -0.39 is 0 Å². The molecule has 0 aliphatic carbocycles. The number of hydrogen-bond acceptors (Lipinski definition) is 3. The van der Waals surface area contributed by atoms with Gasteiger partial charge in [-0.2, -0.15) is 0 Å². The molecule has 1 saturated heterocycles. The van der Waals surface area contributed by atoms with E-state index in [-0.39, 0.29) is 6.04 Å². The molecule has 3 nitrogen and oxygen atoms in total. The Morgan fingerprint density at radius 1 is 1.44 bits per heavy atom. The lowest BCUT2D eigenvalue weighted by atomic mass is 10.2. The van der Waals surface area contributed by atoms with Gasteiger partial charge in [-0.1, -0.05) is 12.1 Å². The molecule has 3 rings (SSSR count). The Morgan fingerprint density at radius 2 is 2.31 bits per heavy atom. The van der Waals surface area contributed by atoms with Crippen molar-refractivity contribution in [1.82, 2.24) is 9.88 Å². The summed E-state index contributed by atoms with van der Waals surface area (Å²) in [5.74, 6) is 0. The van der Waals surface area contributed by atoms with Crippen molar-refractivity contribution in [3.63, 3.8) is 0 Å². The smallest absolute Gasteiger partial charge is 0.210 e. The first-order valence-electron chi connectivity index (χ1n) is 5.45. The van der Waals surface area contributed by atoms with Crippen LogP contribution in [0.2, 0.25) is 0 Å². The van der Waals surface area contributed by atoms with E-state index in [4.69, 9.17) is 0 Å². The zero-order valence-electron chi connectivity index (χ0n) is 8.80. The van der Waals surface area contributed by atoms with Crippen LogP contribution in [0, 0.1) is 0 Å². The standard InChI is InChI=1S/C12H12N2OS/c15-8-14-7-3-5-10(14)12-13-9-4-1-2-6-11(9)16-12/h1-2,4,6,8,10H,3,5,7H2. The molecule has 4 heteroatoms. The molecule has 1 unspecified atom stereocenters. The van der Waals surface area contributed by atoms with Gasteiger partial charge < -0.3 is 4.90 Å². The lowest BCUT2D eigenvalue weighted by Crippen LogP contribution is -2.20. The Balaban J connectivity index is 2.02. The van der Waals surface area contributed by atoms with E-state index in [0.717, 1.165) is 36.3 Å². The van der Waals surface area contributed by atoms with Gasteiger partial charge in [0.1, 0.15) is 5.01 Å². The van der Waals surface area contributed by atoms with Crippen LogP contribution in [0.3, 0.4) is 0 Å². The Kier molecular flexibility index (Phi) is 2.36. The molecule has 82 valence electrons. The first-order valence-corrected chi connectivity index (χ1v) is 6.26. The van der Waals surface area contributed by atoms with Crippen molar-refractivity contribution in [3.8, 4) is 0 Å². The van der Waals surface area contributed by atoms with Crippen LogP contribution in [-0.2, 0) is 4.79 Å².